The Kier molecular flexibility index (Phi) is 19.0. The van der Waals surface area contributed by atoms with Gasteiger partial charge in [-0.3, -0.25) is 9.59 Å². The van der Waals surface area contributed by atoms with E-state index in [1.807, 2.05) is 12.1 Å². The minimum Gasteiger partial charge on any atom is -0.422 e. The first kappa shape index (κ1) is 31.1. The molecule has 0 saturated heterocycles. The molecule has 0 saturated carbocycles. The first-order valence-corrected chi connectivity index (χ1v) is 14.1. The molecule has 0 spiro atoms. The average molecular weight is 491 g/mol. The molecule has 0 fully saturated rings. The third kappa shape index (κ3) is 15.6. The lowest BCUT2D eigenvalue weighted by Crippen LogP contribution is -2.17. The van der Waals surface area contributed by atoms with Gasteiger partial charge in [-0.25, -0.2) is 0 Å². The molecule has 0 aromatic heterocycles. The summed E-state index contributed by atoms with van der Waals surface area (Å²) < 4.78 is 11.0. The second-order valence-corrected chi connectivity index (χ2v) is 9.47. The maximum Gasteiger partial charge on any atom is 0.312 e. The van der Waals surface area contributed by atoms with Crippen molar-refractivity contribution < 1.29 is 19.1 Å². The molecule has 1 rings (SSSR count). The number of hydrogen-bond acceptors (Lipinski definition) is 6. The zero-order valence-corrected chi connectivity index (χ0v) is 22.2. The van der Waals surface area contributed by atoms with Crippen molar-refractivity contribution in [2.75, 3.05) is 13.1 Å². The number of aryl methyl sites for hydroxylation is 1. The predicted octanol–water partition coefficient (Wildman–Crippen LogP) is 6.61. The van der Waals surface area contributed by atoms with Crippen LogP contribution in [-0.2, 0) is 16.0 Å². The summed E-state index contributed by atoms with van der Waals surface area (Å²) in [4.78, 5) is 24.0. The molecule has 0 heterocycles. The van der Waals surface area contributed by atoms with Crippen molar-refractivity contribution in [3.63, 3.8) is 0 Å². The molecule has 0 atom stereocenters. The number of nitrogens with two attached hydrogens (primary N) is 2. The van der Waals surface area contributed by atoms with Gasteiger partial charge in [0.2, 0.25) is 0 Å². The summed E-state index contributed by atoms with van der Waals surface area (Å²) in [7, 11) is 0. The molecule has 6 heteroatoms. The zero-order chi connectivity index (χ0) is 25.6. The predicted molar refractivity (Wildman–Crippen MR) is 144 cm³/mol. The van der Waals surface area contributed by atoms with E-state index < -0.39 is 11.9 Å². The number of carbonyl (C=O) groups is 2. The first-order chi connectivity index (χ1) is 17.1. The fourth-order valence-corrected chi connectivity index (χ4v) is 4.22. The number of para-hydroxylation sites is 1. The standard InChI is InChI=1S/C29H50N2O4/c1-2-3-4-5-6-7-8-9-10-11-12-13-14-15-16-18-25-19-17-20-26(34-27(32)21-23-30)29(25)35-28(33)22-24-31/h17,19-20H,2-16,18,21-24,30-31H2,1H3. The van der Waals surface area contributed by atoms with E-state index >= 15 is 0 Å². The molecule has 0 bridgehead atoms. The summed E-state index contributed by atoms with van der Waals surface area (Å²) >= 11 is 0. The van der Waals surface area contributed by atoms with Crippen molar-refractivity contribution in [3.8, 4) is 11.5 Å². The molecule has 4 N–H and O–H groups in total. The molecule has 1 aromatic carbocycles. The molecule has 0 unspecified atom stereocenters. The third-order valence-electron chi connectivity index (χ3n) is 6.25. The summed E-state index contributed by atoms with van der Waals surface area (Å²) in [6, 6.07) is 5.40. The van der Waals surface area contributed by atoms with E-state index in [1.165, 1.54) is 83.5 Å². The summed E-state index contributed by atoms with van der Waals surface area (Å²) in [5.41, 5.74) is 11.8. The van der Waals surface area contributed by atoms with Crippen LogP contribution in [0.15, 0.2) is 18.2 Å². The van der Waals surface area contributed by atoms with Crippen molar-refractivity contribution in [1.29, 1.82) is 0 Å². The number of ether oxygens (including phenoxy) is 2. The normalized spacial score (nSPS) is 10.9. The van der Waals surface area contributed by atoms with E-state index in [0.717, 1.165) is 24.8 Å². The number of benzene rings is 1. The van der Waals surface area contributed by atoms with E-state index in [1.54, 1.807) is 6.07 Å². The molecule has 6 nitrogen and oxygen atoms in total. The number of hydrogen-bond donors (Lipinski definition) is 2. The van der Waals surface area contributed by atoms with Crippen LogP contribution in [0.2, 0.25) is 0 Å². The van der Waals surface area contributed by atoms with Crippen LogP contribution in [0, 0.1) is 0 Å². The van der Waals surface area contributed by atoms with Crippen LogP contribution in [0.25, 0.3) is 0 Å². The van der Waals surface area contributed by atoms with Crippen LogP contribution in [0.5, 0.6) is 11.5 Å². The Morgan fingerprint density at radius 2 is 1.11 bits per heavy atom. The second kappa shape index (κ2) is 21.4. The van der Waals surface area contributed by atoms with Gasteiger partial charge in [-0.15, -0.1) is 0 Å². The van der Waals surface area contributed by atoms with E-state index in [0.29, 0.717) is 5.75 Å². The third-order valence-corrected chi connectivity index (χ3v) is 6.25. The molecular weight excluding hydrogens is 440 g/mol. The lowest BCUT2D eigenvalue weighted by molar-refractivity contribution is -0.137. The van der Waals surface area contributed by atoms with Gasteiger partial charge < -0.3 is 20.9 Å². The molecule has 0 radical (unpaired) electrons. The highest BCUT2D eigenvalue weighted by Crippen LogP contribution is 2.33. The zero-order valence-electron chi connectivity index (χ0n) is 22.2. The SMILES string of the molecule is CCCCCCCCCCCCCCCCCc1cccc(OC(=O)CCN)c1OC(=O)CCN. The Labute approximate surface area is 213 Å². The smallest absolute Gasteiger partial charge is 0.312 e. The first-order valence-electron chi connectivity index (χ1n) is 14.1. The molecule has 1 aromatic rings. The molecular formula is C29H50N2O4. The van der Waals surface area contributed by atoms with E-state index in [2.05, 4.69) is 6.92 Å². The van der Waals surface area contributed by atoms with E-state index in [4.69, 9.17) is 20.9 Å². The molecule has 0 aliphatic heterocycles. The molecule has 35 heavy (non-hydrogen) atoms. The van der Waals surface area contributed by atoms with Crippen LogP contribution < -0.4 is 20.9 Å². The van der Waals surface area contributed by atoms with Gasteiger partial charge in [0.15, 0.2) is 11.5 Å². The van der Waals surface area contributed by atoms with Crippen molar-refractivity contribution in [2.45, 2.75) is 122 Å². The van der Waals surface area contributed by atoms with Crippen molar-refractivity contribution in [3.05, 3.63) is 23.8 Å². The number of rotatable bonds is 22. The Balaban J connectivity index is 2.30. The summed E-state index contributed by atoms with van der Waals surface area (Å²) in [6.45, 7) is 2.69. The average Bonchev–Trinajstić information content (AvgIpc) is 2.83. The van der Waals surface area contributed by atoms with Crippen molar-refractivity contribution in [2.24, 2.45) is 11.5 Å². The van der Waals surface area contributed by atoms with Crippen LogP contribution in [0.4, 0.5) is 0 Å². The van der Waals surface area contributed by atoms with Gasteiger partial charge in [0.1, 0.15) is 0 Å². The minimum atomic E-state index is -0.437. The summed E-state index contributed by atoms with van der Waals surface area (Å²) in [6.07, 6.45) is 20.7. The number of carbonyl (C=O) groups excluding carboxylic acids is 2. The Bertz CT molecular complexity index is 693. The van der Waals surface area contributed by atoms with Gasteiger partial charge in [0.05, 0.1) is 12.8 Å². The summed E-state index contributed by atoms with van der Waals surface area (Å²) in [5.74, 6) is -0.255. The highest BCUT2D eigenvalue weighted by Gasteiger charge is 2.17. The van der Waals surface area contributed by atoms with Crippen LogP contribution >= 0.6 is 0 Å². The number of unbranched alkanes of at least 4 members (excludes halogenated alkanes) is 14. The Morgan fingerprint density at radius 1 is 0.657 bits per heavy atom. The van der Waals surface area contributed by atoms with Gasteiger partial charge in [0, 0.05) is 13.1 Å². The fraction of sp³-hybridized carbons (Fsp3) is 0.724. The molecule has 0 aliphatic carbocycles. The monoisotopic (exact) mass is 490 g/mol. The van der Waals surface area contributed by atoms with Gasteiger partial charge in [-0.2, -0.15) is 0 Å². The fourth-order valence-electron chi connectivity index (χ4n) is 4.22. The van der Waals surface area contributed by atoms with Crippen molar-refractivity contribution >= 4 is 11.9 Å². The Morgan fingerprint density at radius 3 is 1.60 bits per heavy atom. The van der Waals surface area contributed by atoms with Gasteiger partial charge in [0.25, 0.3) is 0 Å². The maximum atomic E-state index is 12.1. The quantitative estimate of drug-likeness (QED) is 0.108. The molecule has 0 amide bonds. The van der Waals surface area contributed by atoms with E-state index in [9.17, 15) is 9.59 Å². The highest BCUT2D eigenvalue weighted by atomic mass is 16.6. The lowest BCUT2D eigenvalue weighted by Gasteiger charge is -2.14. The maximum absolute atomic E-state index is 12.1. The molecule has 200 valence electrons. The van der Waals surface area contributed by atoms with E-state index in [-0.39, 0.29) is 31.7 Å². The lowest BCUT2D eigenvalue weighted by atomic mass is 10.0. The Hall–Kier alpha value is -1.92. The highest BCUT2D eigenvalue weighted by molar-refractivity contribution is 5.77. The second-order valence-electron chi connectivity index (χ2n) is 9.47. The van der Waals surface area contributed by atoms with Gasteiger partial charge >= 0.3 is 11.9 Å². The molecule has 0 aliphatic rings. The topological polar surface area (TPSA) is 105 Å². The van der Waals surface area contributed by atoms with Crippen LogP contribution in [0.1, 0.15) is 122 Å². The van der Waals surface area contributed by atoms with Crippen LogP contribution in [-0.4, -0.2) is 25.0 Å². The minimum absolute atomic E-state index is 0.111. The van der Waals surface area contributed by atoms with Crippen LogP contribution in [0.3, 0.4) is 0 Å². The number of esters is 2. The van der Waals surface area contributed by atoms with Gasteiger partial charge in [-0.1, -0.05) is 109 Å². The largest absolute Gasteiger partial charge is 0.422 e. The summed E-state index contributed by atoms with van der Waals surface area (Å²) in [5, 5.41) is 0. The van der Waals surface area contributed by atoms with Crippen molar-refractivity contribution in [1.82, 2.24) is 0 Å². The van der Waals surface area contributed by atoms with Gasteiger partial charge in [-0.05, 0) is 24.5 Å².